The van der Waals surface area contributed by atoms with Crippen LogP contribution in [-0.2, 0) is 6.54 Å². The van der Waals surface area contributed by atoms with Gasteiger partial charge in [0.15, 0.2) is 0 Å². The Morgan fingerprint density at radius 2 is 2.18 bits per heavy atom. The predicted molar refractivity (Wildman–Crippen MR) is 74.6 cm³/mol. The largest absolute Gasteiger partial charge is 0.310 e. The highest BCUT2D eigenvalue weighted by atomic mass is 35.5. The standard InChI is InChI=1S/C14H14ClNS/c15-12-1-4-14(10-5-6-17-9-10)11(7-12)8-16-13-2-3-13/h1,4-7,9,13,16H,2-3,8H2. The van der Waals surface area contributed by atoms with Gasteiger partial charge in [0.25, 0.3) is 0 Å². The number of hydrogen-bond donors (Lipinski definition) is 1. The lowest BCUT2D eigenvalue weighted by molar-refractivity contribution is 0.689. The molecule has 0 bridgehead atoms. The summed E-state index contributed by atoms with van der Waals surface area (Å²) in [6.07, 6.45) is 2.63. The van der Waals surface area contributed by atoms with Crippen LogP contribution in [0.4, 0.5) is 0 Å². The van der Waals surface area contributed by atoms with Crippen LogP contribution >= 0.6 is 22.9 Å². The van der Waals surface area contributed by atoms with E-state index in [2.05, 4.69) is 34.3 Å². The molecule has 1 fully saturated rings. The first-order valence-electron chi connectivity index (χ1n) is 5.87. The Hall–Kier alpha value is -0.830. The molecule has 0 amide bonds. The fourth-order valence-electron chi connectivity index (χ4n) is 1.95. The summed E-state index contributed by atoms with van der Waals surface area (Å²) in [4.78, 5) is 0. The van der Waals surface area contributed by atoms with Gasteiger partial charge in [-0.3, -0.25) is 0 Å². The summed E-state index contributed by atoms with van der Waals surface area (Å²) < 4.78 is 0. The molecule has 1 heterocycles. The fraction of sp³-hybridized carbons (Fsp3) is 0.286. The van der Waals surface area contributed by atoms with Crippen LogP contribution in [0.15, 0.2) is 35.0 Å². The highest BCUT2D eigenvalue weighted by molar-refractivity contribution is 7.08. The molecular formula is C14H14ClNS. The Kier molecular flexibility index (Phi) is 3.19. The number of thiophene rings is 1. The second kappa shape index (κ2) is 4.81. The maximum atomic E-state index is 6.08. The molecule has 0 saturated heterocycles. The molecule has 0 atom stereocenters. The third kappa shape index (κ3) is 2.71. The van der Waals surface area contributed by atoms with Crippen molar-refractivity contribution in [3.05, 3.63) is 45.6 Å². The average Bonchev–Trinajstić information content (AvgIpc) is 3.00. The Balaban J connectivity index is 1.89. The molecule has 1 nitrogen and oxygen atoms in total. The molecule has 1 aliphatic rings. The second-order valence-electron chi connectivity index (χ2n) is 4.47. The van der Waals surface area contributed by atoms with E-state index in [1.165, 1.54) is 29.5 Å². The van der Waals surface area contributed by atoms with E-state index in [0.717, 1.165) is 17.6 Å². The van der Waals surface area contributed by atoms with Crippen LogP contribution in [0, 0.1) is 0 Å². The van der Waals surface area contributed by atoms with E-state index in [4.69, 9.17) is 11.6 Å². The average molecular weight is 264 g/mol. The van der Waals surface area contributed by atoms with Gasteiger partial charge < -0.3 is 5.32 Å². The fourth-order valence-corrected chi connectivity index (χ4v) is 2.80. The number of nitrogens with one attached hydrogen (secondary N) is 1. The zero-order valence-electron chi connectivity index (χ0n) is 9.45. The third-order valence-corrected chi connectivity index (χ3v) is 3.98. The van der Waals surface area contributed by atoms with E-state index in [1.807, 2.05) is 6.07 Å². The van der Waals surface area contributed by atoms with Crippen LogP contribution in [0.3, 0.4) is 0 Å². The molecule has 1 aromatic carbocycles. The monoisotopic (exact) mass is 263 g/mol. The first-order valence-corrected chi connectivity index (χ1v) is 7.19. The Labute approximate surface area is 110 Å². The number of benzene rings is 1. The molecule has 3 rings (SSSR count). The molecule has 1 aromatic heterocycles. The van der Waals surface area contributed by atoms with Gasteiger partial charge in [0, 0.05) is 17.6 Å². The van der Waals surface area contributed by atoms with Gasteiger partial charge in [0.1, 0.15) is 0 Å². The lowest BCUT2D eigenvalue weighted by Gasteiger charge is -2.10. The van der Waals surface area contributed by atoms with Crippen molar-refractivity contribution >= 4 is 22.9 Å². The molecular weight excluding hydrogens is 250 g/mol. The Morgan fingerprint density at radius 1 is 1.29 bits per heavy atom. The van der Waals surface area contributed by atoms with Crippen LogP contribution in [0.2, 0.25) is 5.02 Å². The molecule has 0 radical (unpaired) electrons. The van der Waals surface area contributed by atoms with E-state index in [1.54, 1.807) is 11.3 Å². The van der Waals surface area contributed by atoms with Crippen LogP contribution in [0.25, 0.3) is 11.1 Å². The zero-order valence-corrected chi connectivity index (χ0v) is 11.0. The van der Waals surface area contributed by atoms with Crippen molar-refractivity contribution in [2.75, 3.05) is 0 Å². The number of halogens is 1. The van der Waals surface area contributed by atoms with Gasteiger partial charge in [-0.05, 0) is 58.5 Å². The lowest BCUT2D eigenvalue weighted by Crippen LogP contribution is -2.15. The van der Waals surface area contributed by atoms with Crippen LogP contribution in [0.1, 0.15) is 18.4 Å². The summed E-state index contributed by atoms with van der Waals surface area (Å²) in [5.41, 5.74) is 3.88. The molecule has 17 heavy (non-hydrogen) atoms. The Morgan fingerprint density at radius 3 is 2.88 bits per heavy atom. The van der Waals surface area contributed by atoms with E-state index < -0.39 is 0 Å². The Bertz CT molecular complexity index is 503. The summed E-state index contributed by atoms with van der Waals surface area (Å²) in [6.45, 7) is 0.913. The van der Waals surface area contributed by atoms with Crippen molar-refractivity contribution in [3.63, 3.8) is 0 Å². The second-order valence-corrected chi connectivity index (χ2v) is 5.69. The van der Waals surface area contributed by atoms with Crippen LogP contribution in [-0.4, -0.2) is 6.04 Å². The molecule has 1 N–H and O–H groups in total. The normalized spacial score (nSPS) is 15.1. The summed E-state index contributed by atoms with van der Waals surface area (Å²) >= 11 is 7.81. The minimum atomic E-state index is 0.726. The van der Waals surface area contributed by atoms with Crippen LogP contribution in [0.5, 0.6) is 0 Å². The third-order valence-electron chi connectivity index (χ3n) is 3.06. The van der Waals surface area contributed by atoms with Crippen molar-refractivity contribution in [2.45, 2.75) is 25.4 Å². The van der Waals surface area contributed by atoms with E-state index in [9.17, 15) is 0 Å². The van der Waals surface area contributed by atoms with Crippen molar-refractivity contribution in [1.82, 2.24) is 5.32 Å². The van der Waals surface area contributed by atoms with Crippen molar-refractivity contribution in [1.29, 1.82) is 0 Å². The predicted octanol–water partition coefficient (Wildman–Crippen LogP) is 4.32. The smallest absolute Gasteiger partial charge is 0.0409 e. The zero-order chi connectivity index (χ0) is 11.7. The van der Waals surface area contributed by atoms with Crippen molar-refractivity contribution < 1.29 is 0 Å². The van der Waals surface area contributed by atoms with E-state index in [0.29, 0.717) is 0 Å². The topological polar surface area (TPSA) is 12.0 Å². The van der Waals surface area contributed by atoms with Crippen LogP contribution < -0.4 is 5.32 Å². The van der Waals surface area contributed by atoms with Gasteiger partial charge in [-0.1, -0.05) is 17.7 Å². The van der Waals surface area contributed by atoms with Gasteiger partial charge in [0.05, 0.1) is 0 Å². The molecule has 0 aliphatic heterocycles. The van der Waals surface area contributed by atoms with Gasteiger partial charge in [-0.25, -0.2) is 0 Å². The molecule has 3 heteroatoms. The first-order chi connectivity index (χ1) is 8.33. The van der Waals surface area contributed by atoms with E-state index in [-0.39, 0.29) is 0 Å². The quantitative estimate of drug-likeness (QED) is 0.866. The highest BCUT2D eigenvalue weighted by Crippen LogP contribution is 2.29. The van der Waals surface area contributed by atoms with Gasteiger partial charge in [-0.15, -0.1) is 0 Å². The minimum absolute atomic E-state index is 0.726. The van der Waals surface area contributed by atoms with Gasteiger partial charge in [-0.2, -0.15) is 11.3 Å². The highest BCUT2D eigenvalue weighted by Gasteiger charge is 2.20. The van der Waals surface area contributed by atoms with Gasteiger partial charge >= 0.3 is 0 Å². The van der Waals surface area contributed by atoms with Crippen molar-refractivity contribution in [2.24, 2.45) is 0 Å². The van der Waals surface area contributed by atoms with Gasteiger partial charge in [0.2, 0.25) is 0 Å². The number of hydrogen-bond acceptors (Lipinski definition) is 2. The molecule has 0 spiro atoms. The lowest BCUT2D eigenvalue weighted by atomic mass is 10.0. The SMILES string of the molecule is Clc1ccc(-c2ccsc2)c(CNC2CC2)c1. The molecule has 1 saturated carbocycles. The molecule has 1 aliphatic carbocycles. The maximum Gasteiger partial charge on any atom is 0.0409 e. The minimum Gasteiger partial charge on any atom is -0.310 e. The van der Waals surface area contributed by atoms with Crippen molar-refractivity contribution in [3.8, 4) is 11.1 Å². The molecule has 0 unspecified atom stereocenters. The maximum absolute atomic E-state index is 6.08. The van der Waals surface area contributed by atoms with E-state index >= 15 is 0 Å². The summed E-state index contributed by atoms with van der Waals surface area (Å²) in [7, 11) is 0. The summed E-state index contributed by atoms with van der Waals surface area (Å²) in [5.74, 6) is 0. The summed E-state index contributed by atoms with van der Waals surface area (Å²) in [6, 6.07) is 9.05. The summed E-state index contributed by atoms with van der Waals surface area (Å²) in [5, 5.41) is 8.66. The first kappa shape index (κ1) is 11.3. The molecule has 2 aromatic rings. The molecule has 88 valence electrons. The number of rotatable bonds is 4.